The number of rotatable bonds is 2. The van der Waals surface area contributed by atoms with Crippen molar-refractivity contribution in [3.8, 4) is 0 Å². The molecule has 22 heavy (non-hydrogen) atoms. The minimum atomic E-state index is -4.47. The Bertz CT molecular complexity index is 658. The lowest BCUT2D eigenvalue weighted by molar-refractivity contribution is -0.137. The fourth-order valence-corrected chi connectivity index (χ4v) is 4.96. The zero-order valence-corrected chi connectivity index (χ0v) is 12.6. The molecule has 1 aliphatic heterocycles. The molecule has 3 rings (SSSR count). The highest BCUT2D eigenvalue weighted by Gasteiger charge is 2.45. The average molecular weight is 334 g/mol. The number of benzene rings is 1. The third-order valence-corrected chi connectivity index (χ3v) is 6.54. The van der Waals surface area contributed by atoms with Crippen LogP contribution >= 0.6 is 0 Å². The highest BCUT2D eigenvalue weighted by molar-refractivity contribution is 7.89. The van der Waals surface area contributed by atoms with E-state index in [1.54, 1.807) is 0 Å². The van der Waals surface area contributed by atoms with Crippen molar-refractivity contribution in [1.29, 1.82) is 0 Å². The summed E-state index contributed by atoms with van der Waals surface area (Å²) in [5.41, 5.74) is 5.13. The Morgan fingerprint density at radius 1 is 1.09 bits per heavy atom. The molecule has 3 unspecified atom stereocenters. The van der Waals surface area contributed by atoms with Crippen molar-refractivity contribution in [2.45, 2.75) is 30.0 Å². The third kappa shape index (κ3) is 2.63. The lowest BCUT2D eigenvalue weighted by Gasteiger charge is -2.19. The molecule has 4 nitrogen and oxygen atoms in total. The molecule has 8 heteroatoms. The Morgan fingerprint density at radius 2 is 1.73 bits per heavy atom. The molecular formula is C14H17F3N2O2S. The van der Waals surface area contributed by atoms with Gasteiger partial charge in [0.25, 0.3) is 0 Å². The van der Waals surface area contributed by atoms with Gasteiger partial charge in [0.05, 0.1) is 10.5 Å². The predicted octanol–water partition coefficient (Wildman–Crippen LogP) is 2.06. The number of halogens is 3. The van der Waals surface area contributed by atoms with Crippen LogP contribution in [0.4, 0.5) is 13.2 Å². The molecule has 2 N–H and O–H groups in total. The SMILES string of the molecule is NC1CCC2CN(S(=O)(=O)c3ccc(C(F)(F)F)cc3)CC12. The maximum atomic E-state index is 12.5. The van der Waals surface area contributed by atoms with Gasteiger partial charge in [-0.25, -0.2) is 8.42 Å². The van der Waals surface area contributed by atoms with Crippen molar-refractivity contribution in [2.75, 3.05) is 13.1 Å². The zero-order chi connectivity index (χ0) is 16.1. The first-order valence-electron chi connectivity index (χ1n) is 7.12. The van der Waals surface area contributed by atoms with Crippen LogP contribution < -0.4 is 5.73 Å². The number of sulfonamides is 1. The Morgan fingerprint density at radius 3 is 2.27 bits per heavy atom. The summed E-state index contributed by atoms with van der Waals surface area (Å²) < 4.78 is 64.1. The summed E-state index contributed by atoms with van der Waals surface area (Å²) in [6.07, 6.45) is -2.66. The summed E-state index contributed by atoms with van der Waals surface area (Å²) in [6, 6.07) is 3.65. The summed E-state index contributed by atoms with van der Waals surface area (Å²) in [6.45, 7) is 0.761. The van der Waals surface area contributed by atoms with Gasteiger partial charge in [0.1, 0.15) is 0 Å². The van der Waals surface area contributed by atoms with Crippen LogP contribution in [0.15, 0.2) is 29.2 Å². The van der Waals surface area contributed by atoms with E-state index in [0.29, 0.717) is 13.1 Å². The van der Waals surface area contributed by atoms with Crippen molar-refractivity contribution in [1.82, 2.24) is 4.31 Å². The van der Waals surface area contributed by atoms with Gasteiger partial charge in [-0.15, -0.1) is 0 Å². The van der Waals surface area contributed by atoms with E-state index in [0.717, 1.165) is 37.1 Å². The lowest BCUT2D eigenvalue weighted by Crippen LogP contribution is -2.33. The number of hydrogen-bond acceptors (Lipinski definition) is 3. The maximum Gasteiger partial charge on any atom is 0.416 e. The molecule has 0 radical (unpaired) electrons. The zero-order valence-electron chi connectivity index (χ0n) is 11.8. The molecule has 122 valence electrons. The largest absolute Gasteiger partial charge is 0.416 e. The van der Waals surface area contributed by atoms with E-state index in [9.17, 15) is 21.6 Å². The fraction of sp³-hybridized carbons (Fsp3) is 0.571. The van der Waals surface area contributed by atoms with Crippen molar-refractivity contribution < 1.29 is 21.6 Å². The topological polar surface area (TPSA) is 63.4 Å². The van der Waals surface area contributed by atoms with Crippen LogP contribution in [0.5, 0.6) is 0 Å². The molecule has 1 aromatic carbocycles. The van der Waals surface area contributed by atoms with Gasteiger partial charge < -0.3 is 5.73 Å². The van der Waals surface area contributed by atoms with Gasteiger partial charge >= 0.3 is 6.18 Å². The predicted molar refractivity (Wildman–Crippen MR) is 74.4 cm³/mol. The van der Waals surface area contributed by atoms with E-state index in [2.05, 4.69) is 0 Å². The molecule has 1 saturated carbocycles. The fourth-order valence-electron chi connectivity index (χ4n) is 3.43. The Hall–Kier alpha value is -1.12. The van der Waals surface area contributed by atoms with Crippen molar-refractivity contribution in [2.24, 2.45) is 17.6 Å². The van der Waals surface area contributed by atoms with E-state index in [1.165, 1.54) is 4.31 Å². The number of hydrogen-bond donors (Lipinski definition) is 1. The first-order chi connectivity index (χ1) is 10.2. The second-order valence-electron chi connectivity index (χ2n) is 6.01. The minimum Gasteiger partial charge on any atom is -0.327 e. The van der Waals surface area contributed by atoms with Crippen LogP contribution in [-0.2, 0) is 16.2 Å². The minimum absolute atomic E-state index is 0.0119. The molecule has 0 spiro atoms. The molecular weight excluding hydrogens is 317 g/mol. The second-order valence-corrected chi connectivity index (χ2v) is 7.95. The molecule has 3 atom stereocenters. The van der Waals surface area contributed by atoms with Gasteiger partial charge in [-0.05, 0) is 48.9 Å². The average Bonchev–Trinajstić information content (AvgIpc) is 3.01. The summed E-state index contributed by atoms with van der Waals surface area (Å²) in [7, 11) is -3.76. The van der Waals surface area contributed by atoms with Crippen LogP contribution in [-0.4, -0.2) is 31.9 Å². The number of nitrogens with zero attached hydrogens (tertiary/aromatic N) is 1. The number of fused-ring (bicyclic) bond motifs is 1. The van der Waals surface area contributed by atoms with E-state index in [1.807, 2.05) is 0 Å². The normalized spacial score (nSPS) is 29.7. The molecule has 0 bridgehead atoms. The molecule has 0 amide bonds. The molecule has 1 heterocycles. The van der Waals surface area contributed by atoms with E-state index >= 15 is 0 Å². The highest BCUT2D eigenvalue weighted by atomic mass is 32.2. The van der Waals surface area contributed by atoms with Crippen molar-refractivity contribution in [3.05, 3.63) is 29.8 Å². The molecule has 1 saturated heterocycles. The van der Waals surface area contributed by atoms with Crippen LogP contribution in [0, 0.1) is 11.8 Å². The van der Waals surface area contributed by atoms with Crippen LogP contribution in [0.3, 0.4) is 0 Å². The van der Waals surface area contributed by atoms with Crippen molar-refractivity contribution >= 4 is 10.0 Å². The van der Waals surface area contributed by atoms with Crippen LogP contribution in [0.1, 0.15) is 18.4 Å². The van der Waals surface area contributed by atoms with Gasteiger partial charge in [-0.2, -0.15) is 17.5 Å². The van der Waals surface area contributed by atoms with E-state index in [4.69, 9.17) is 5.73 Å². The van der Waals surface area contributed by atoms with E-state index in [-0.39, 0.29) is 22.8 Å². The third-order valence-electron chi connectivity index (χ3n) is 4.70. The standard InChI is InChI=1S/C14H17F3N2O2S/c15-14(16,17)10-2-4-11(5-3-10)22(20,21)19-7-9-1-6-13(18)12(9)8-19/h2-5,9,12-13H,1,6-8,18H2. The van der Waals surface area contributed by atoms with Crippen molar-refractivity contribution in [3.63, 3.8) is 0 Å². The Labute approximate surface area is 127 Å². The van der Waals surface area contributed by atoms with Gasteiger partial charge in [0.15, 0.2) is 0 Å². The number of alkyl halides is 3. The molecule has 2 aliphatic rings. The lowest BCUT2D eigenvalue weighted by atomic mass is 9.98. The summed E-state index contributed by atoms with van der Waals surface area (Å²) in [4.78, 5) is -0.103. The number of nitrogens with two attached hydrogens (primary N) is 1. The molecule has 1 aromatic rings. The first-order valence-corrected chi connectivity index (χ1v) is 8.56. The molecule has 0 aromatic heterocycles. The summed E-state index contributed by atoms with van der Waals surface area (Å²) in [5.74, 6) is 0.420. The van der Waals surface area contributed by atoms with Gasteiger partial charge in [-0.1, -0.05) is 0 Å². The van der Waals surface area contributed by atoms with E-state index < -0.39 is 21.8 Å². The van der Waals surface area contributed by atoms with Gasteiger partial charge in [-0.3, -0.25) is 0 Å². The second kappa shape index (κ2) is 5.21. The Balaban J connectivity index is 1.82. The van der Waals surface area contributed by atoms with Gasteiger partial charge in [0.2, 0.25) is 10.0 Å². The van der Waals surface area contributed by atoms with Crippen LogP contribution in [0.2, 0.25) is 0 Å². The summed E-state index contributed by atoms with van der Waals surface area (Å²) in [5, 5.41) is 0. The Kier molecular flexibility index (Phi) is 3.73. The highest BCUT2D eigenvalue weighted by Crippen LogP contribution is 2.39. The van der Waals surface area contributed by atoms with Crippen LogP contribution in [0.25, 0.3) is 0 Å². The monoisotopic (exact) mass is 334 g/mol. The first kappa shape index (κ1) is 15.8. The molecule has 2 fully saturated rings. The molecule has 1 aliphatic carbocycles. The smallest absolute Gasteiger partial charge is 0.327 e. The van der Waals surface area contributed by atoms with Gasteiger partial charge in [0, 0.05) is 19.1 Å². The maximum absolute atomic E-state index is 12.5. The summed E-state index contributed by atoms with van der Waals surface area (Å²) >= 11 is 0. The quantitative estimate of drug-likeness (QED) is 0.900.